The van der Waals surface area contributed by atoms with E-state index in [9.17, 15) is 24.0 Å². The number of carbonyl (C=O) groups excluding carboxylic acids is 5. The van der Waals surface area contributed by atoms with Gasteiger partial charge in [0.25, 0.3) is 5.91 Å². The predicted octanol–water partition coefficient (Wildman–Crippen LogP) is 1.63. The topological polar surface area (TPSA) is 146 Å². The largest absolute Gasteiger partial charge is 0.484 e. The number of methoxy groups -OCH3 is 1. The van der Waals surface area contributed by atoms with Crippen LogP contribution in [0.1, 0.15) is 50.2 Å². The lowest BCUT2D eigenvalue weighted by molar-refractivity contribution is -0.141. The van der Waals surface area contributed by atoms with E-state index in [0.29, 0.717) is 25.3 Å². The van der Waals surface area contributed by atoms with Crippen molar-refractivity contribution >= 4 is 29.5 Å². The summed E-state index contributed by atoms with van der Waals surface area (Å²) < 4.78 is 11.1. The highest BCUT2D eigenvalue weighted by Crippen LogP contribution is 2.36. The molecule has 1 aliphatic carbocycles. The molecule has 0 radical (unpaired) electrons. The molecule has 1 saturated carbocycles. The number of carbonyl (C=O) groups is 5. The number of hydrogen-bond acceptors (Lipinski definition) is 7. The van der Waals surface area contributed by atoms with Crippen LogP contribution >= 0.6 is 0 Å². The number of rotatable bonds is 8. The van der Waals surface area contributed by atoms with E-state index in [1.807, 2.05) is 67.3 Å². The number of fused-ring (bicyclic) bond motifs is 4. The van der Waals surface area contributed by atoms with Gasteiger partial charge in [-0.2, -0.15) is 0 Å². The van der Waals surface area contributed by atoms with Crippen LogP contribution in [0.5, 0.6) is 5.75 Å². The highest BCUT2D eigenvalue weighted by Gasteiger charge is 2.42. The first-order valence-electron chi connectivity index (χ1n) is 16.8. The zero-order valence-corrected chi connectivity index (χ0v) is 28.0. The van der Waals surface area contributed by atoms with Gasteiger partial charge in [0.05, 0.1) is 19.2 Å². The molecule has 2 fully saturated rings. The van der Waals surface area contributed by atoms with Crippen molar-refractivity contribution < 1.29 is 33.4 Å². The first-order chi connectivity index (χ1) is 23.1. The van der Waals surface area contributed by atoms with E-state index in [4.69, 9.17) is 9.47 Å². The Kier molecular flexibility index (Phi) is 11.7. The number of benzene rings is 2. The second-order valence-electron chi connectivity index (χ2n) is 13.4. The van der Waals surface area contributed by atoms with Crippen LogP contribution in [-0.2, 0) is 35.1 Å². The van der Waals surface area contributed by atoms with Crippen LogP contribution in [0.3, 0.4) is 0 Å². The Morgan fingerprint density at radius 2 is 1.69 bits per heavy atom. The van der Waals surface area contributed by atoms with Crippen molar-refractivity contribution in [1.82, 2.24) is 25.8 Å². The van der Waals surface area contributed by atoms with Gasteiger partial charge in [0, 0.05) is 45.0 Å². The first-order valence-corrected chi connectivity index (χ1v) is 16.8. The fraction of sp³-hybridized carbons (Fsp3) is 0.528. The van der Waals surface area contributed by atoms with Gasteiger partial charge in [0.1, 0.15) is 17.8 Å². The highest BCUT2D eigenvalue weighted by molar-refractivity contribution is 5.93. The number of nitrogens with one attached hydrogen (secondary N) is 3. The summed E-state index contributed by atoms with van der Waals surface area (Å²) in [4.78, 5) is 71.0. The van der Waals surface area contributed by atoms with Gasteiger partial charge < -0.3 is 35.2 Å². The Morgan fingerprint density at radius 3 is 2.40 bits per heavy atom. The zero-order valence-electron chi connectivity index (χ0n) is 28.0. The molecule has 1 saturated heterocycles. The van der Waals surface area contributed by atoms with Crippen molar-refractivity contribution in [2.45, 2.75) is 63.6 Å². The molecule has 2 aromatic rings. The Balaban J connectivity index is 1.48. The van der Waals surface area contributed by atoms with Crippen LogP contribution < -0.4 is 20.7 Å². The van der Waals surface area contributed by atoms with E-state index in [1.165, 1.54) is 12.0 Å². The van der Waals surface area contributed by atoms with Crippen LogP contribution in [-0.4, -0.2) is 104 Å². The minimum absolute atomic E-state index is 0.0242. The number of nitrogens with zero attached hydrogens (tertiary/aromatic N) is 2. The molecule has 3 N–H and O–H groups in total. The molecule has 12 nitrogen and oxygen atoms in total. The van der Waals surface area contributed by atoms with Gasteiger partial charge in [-0.3, -0.25) is 24.0 Å². The number of ether oxygens (including phenoxy) is 2. The summed E-state index contributed by atoms with van der Waals surface area (Å²) in [6, 6.07) is 14.4. The van der Waals surface area contributed by atoms with Crippen molar-refractivity contribution in [3.05, 3.63) is 65.7 Å². The second-order valence-corrected chi connectivity index (χ2v) is 13.4. The molecule has 5 rings (SSSR count). The number of hydrogen-bond donors (Lipinski definition) is 3. The van der Waals surface area contributed by atoms with Gasteiger partial charge in [0.15, 0.2) is 6.61 Å². The van der Waals surface area contributed by atoms with Crippen molar-refractivity contribution in [3.63, 3.8) is 0 Å². The summed E-state index contributed by atoms with van der Waals surface area (Å²) in [6.45, 7) is 4.29. The lowest BCUT2D eigenvalue weighted by Gasteiger charge is -2.29. The monoisotopic (exact) mass is 661 g/mol. The third kappa shape index (κ3) is 9.33. The maximum atomic E-state index is 14.1. The van der Waals surface area contributed by atoms with Crippen LogP contribution in [0, 0.1) is 11.8 Å². The third-order valence-corrected chi connectivity index (χ3v) is 9.03. The quantitative estimate of drug-likeness (QED) is 0.390. The first kappa shape index (κ1) is 34.9. The van der Waals surface area contributed by atoms with Crippen molar-refractivity contribution in [2.75, 3.05) is 46.5 Å². The van der Waals surface area contributed by atoms with Crippen molar-refractivity contribution in [3.8, 4) is 5.75 Å². The summed E-state index contributed by atoms with van der Waals surface area (Å²) in [6.07, 6.45) is 2.32. The molecular formula is C36H47N5O7. The van der Waals surface area contributed by atoms with Gasteiger partial charge in [-0.15, -0.1) is 0 Å². The molecule has 0 aromatic heterocycles. The molecule has 4 atom stereocenters. The van der Waals surface area contributed by atoms with Crippen LogP contribution in [0.15, 0.2) is 54.6 Å². The smallest absolute Gasteiger partial charge is 0.258 e. The summed E-state index contributed by atoms with van der Waals surface area (Å²) in [5, 5.41) is 8.87. The maximum Gasteiger partial charge on any atom is 0.258 e. The van der Waals surface area contributed by atoms with Gasteiger partial charge in [-0.25, -0.2) is 0 Å². The average molecular weight is 662 g/mol. The molecule has 2 bridgehead atoms. The summed E-state index contributed by atoms with van der Waals surface area (Å²) in [5.41, 5.74) is 1.71. The maximum absolute atomic E-state index is 14.1. The van der Waals surface area contributed by atoms with Gasteiger partial charge in [0.2, 0.25) is 23.6 Å². The highest BCUT2D eigenvalue weighted by atomic mass is 16.5. The standard InChI is InChI=1S/C36H47N5O7/c1-23(2)16-30-36(46)40(14-15-47-3)21-32(42)37-29(17-24-8-5-4-6-9-24)34(44)39-31-20-41(35(45)25-12-13-25)19-28(31)26-10-7-11-27(18-26)48-22-33(43)38-30/h4-11,18,23,25,28-31H,12-17,19-22H2,1-3H3,(H,37,42)(H,38,43)(H,39,44)/t28-,29+,30-,31+/m1/s1. The summed E-state index contributed by atoms with van der Waals surface area (Å²) >= 11 is 0. The zero-order chi connectivity index (χ0) is 34.2. The molecule has 0 unspecified atom stereocenters. The Morgan fingerprint density at radius 1 is 0.938 bits per heavy atom. The second kappa shape index (κ2) is 16.1. The third-order valence-electron chi connectivity index (χ3n) is 9.03. The van der Waals surface area contributed by atoms with Gasteiger partial charge in [-0.1, -0.05) is 56.3 Å². The molecule has 5 amide bonds. The molecular weight excluding hydrogens is 614 g/mol. The number of likely N-dealkylation sites (tertiary alicyclic amines) is 1. The summed E-state index contributed by atoms with van der Waals surface area (Å²) in [5.74, 6) is -1.38. The normalized spacial score (nSPS) is 24.2. The molecule has 0 spiro atoms. The van der Waals surface area contributed by atoms with E-state index in [1.54, 1.807) is 6.07 Å². The van der Waals surface area contributed by atoms with E-state index in [2.05, 4.69) is 16.0 Å². The fourth-order valence-electron chi connectivity index (χ4n) is 6.41. The minimum atomic E-state index is -0.951. The van der Waals surface area contributed by atoms with Crippen LogP contribution in [0.25, 0.3) is 0 Å². The molecule has 2 aromatic carbocycles. The minimum Gasteiger partial charge on any atom is -0.484 e. The lowest BCUT2D eigenvalue weighted by Crippen LogP contribution is -2.56. The van der Waals surface area contributed by atoms with Crippen molar-refractivity contribution in [1.29, 1.82) is 0 Å². The van der Waals surface area contributed by atoms with E-state index >= 15 is 0 Å². The Labute approximate surface area is 281 Å². The molecule has 2 heterocycles. The summed E-state index contributed by atoms with van der Waals surface area (Å²) in [7, 11) is 1.50. The molecule has 48 heavy (non-hydrogen) atoms. The number of amides is 5. The van der Waals surface area contributed by atoms with Gasteiger partial charge >= 0.3 is 0 Å². The van der Waals surface area contributed by atoms with E-state index in [-0.39, 0.29) is 62.3 Å². The SMILES string of the molecule is COCCN1CC(=O)N[C@@H](Cc2ccccc2)C(=O)N[C@H]2CN(C(=O)C3CC3)C[C@@H]2c2cccc(c2)OCC(=O)N[C@H](CC(C)C)C1=O. The molecule has 2 aliphatic heterocycles. The molecule has 258 valence electrons. The Bertz CT molecular complexity index is 1460. The van der Waals surface area contributed by atoms with Gasteiger partial charge in [-0.05, 0) is 48.4 Å². The van der Waals surface area contributed by atoms with Crippen LogP contribution in [0.2, 0.25) is 0 Å². The van der Waals surface area contributed by atoms with E-state index in [0.717, 1.165) is 24.0 Å². The molecule has 12 heteroatoms. The average Bonchev–Trinajstić information content (AvgIpc) is 3.84. The van der Waals surface area contributed by atoms with Crippen LogP contribution in [0.4, 0.5) is 0 Å². The Hall–Kier alpha value is -4.45. The lowest BCUT2D eigenvalue weighted by atomic mass is 9.93. The van der Waals surface area contributed by atoms with Crippen molar-refractivity contribution in [2.24, 2.45) is 11.8 Å². The van der Waals surface area contributed by atoms with E-state index < -0.39 is 35.8 Å². The fourth-order valence-corrected chi connectivity index (χ4v) is 6.41. The predicted molar refractivity (Wildman–Crippen MR) is 178 cm³/mol. The molecule has 3 aliphatic rings.